The van der Waals surface area contributed by atoms with Crippen molar-refractivity contribution in [1.29, 1.82) is 0 Å². The second kappa shape index (κ2) is 6.62. The van der Waals surface area contributed by atoms with E-state index in [-0.39, 0.29) is 18.9 Å². The number of aliphatic hydroxyl groups excluding tert-OH is 1. The SMILES string of the molecule is O=C(Cn1cc(CCCO)nn1)NC(=O)c1ccco1. The lowest BCUT2D eigenvalue weighted by Crippen LogP contribution is -2.33. The van der Waals surface area contributed by atoms with Crippen molar-refractivity contribution in [2.75, 3.05) is 6.61 Å². The fourth-order valence-corrected chi connectivity index (χ4v) is 1.57. The van der Waals surface area contributed by atoms with Crippen LogP contribution in [0.25, 0.3) is 0 Å². The summed E-state index contributed by atoms with van der Waals surface area (Å²) in [7, 11) is 0. The lowest BCUT2D eigenvalue weighted by Gasteiger charge is -2.01. The van der Waals surface area contributed by atoms with E-state index in [1.54, 1.807) is 12.3 Å². The zero-order valence-electron chi connectivity index (χ0n) is 10.7. The predicted octanol–water partition coefficient (Wildman–Crippen LogP) is -0.247. The predicted molar refractivity (Wildman–Crippen MR) is 66.6 cm³/mol. The largest absolute Gasteiger partial charge is 0.459 e. The number of carbonyl (C=O) groups excluding carboxylic acids is 2. The number of amides is 2. The van der Waals surface area contributed by atoms with Gasteiger partial charge in [-0.25, -0.2) is 4.68 Å². The maximum Gasteiger partial charge on any atom is 0.293 e. The minimum absolute atomic E-state index is 0.0700. The Hall–Kier alpha value is -2.48. The minimum Gasteiger partial charge on any atom is -0.459 e. The van der Waals surface area contributed by atoms with E-state index in [2.05, 4.69) is 15.6 Å². The molecule has 8 nitrogen and oxygen atoms in total. The lowest BCUT2D eigenvalue weighted by molar-refractivity contribution is -0.120. The van der Waals surface area contributed by atoms with Crippen molar-refractivity contribution >= 4 is 11.8 Å². The molecular formula is C12H14N4O4. The van der Waals surface area contributed by atoms with Gasteiger partial charge in [-0.05, 0) is 25.0 Å². The number of hydrogen-bond donors (Lipinski definition) is 2. The molecule has 106 valence electrons. The van der Waals surface area contributed by atoms with Crippen molar-refractivity contribution in [3.05, 3.63) is 36.0 Å². The van der Waals surface area contributed by atoms with Crippen LogP contribution in [0.4, 0.5) is 0 Å². The van der Waals surface area contributed by atoms with E-state index in [0.717, 1.165) is 0 Å². The molecule has 0 spiro atoms. The zero-order chi connectivity index (χ0) is 14.4. The molecule has 0 atom stereocenters. The van der Waals surface area contributed by atoms with Gasteiger partial charge >= 0.3 is 0 Å². The second-order valence-corrected chi connectivity index (χ2v) is 4.09. The normalized spacial score (nSPS) is 10.4. The van der Waals surface area contributed by atoms with Crippen LogP contribution in [0.2, 0.25) is 0 Å². The molecule has 0 aromatic carbocycles. The molecule has 0 radical (unpaired) electrons. The molecule has 0 aliphatic heterocycles. The zero-order valence-corrected chi connectivity index (χ0v) is 10.7. The third-order valence-corrected chi connectivity index (χ3v) is 2.48. The summed E-state index contributed by atoms with van der Waals surface area (Å²) >= 11 is 0. The Bertz CT molecular complexity index is 576. The number of aromatic nitrogens is 3. The lowest BCUT2D eigenvalue weighted by atomic mass is 10.3. The molecule has 2 aromatic heterocycles. The Morgan fingerprint density at radius 1 is 1.45 bits per heavy atom. The van der Waals surface area contributed by atoms with E-state index in [0.29, 0.717) is 18.5 Å². The monoisotopic (exact) mass is 278 g/mol. The van der Waals surface area contributed by atoms with Crippen molar-refractivity contribution in [1.82, 2.24) is 20.3 Å². The third-order valence-electron chi connectivity index (χ3n) is 2.48. The van der Waals surface area contributed by atoms with Gasteiger partial charge in [0.25, 0.3) is 5.91 Å². The Morgan fingerprint density at radius 3 is 3.00 bits per heavy atom. The van der Waals surface area contributed by atoms with Crippen LogP contribution in [0.5, 0.6) is 0 Å². The first-order chi connectivity index (χ1) is 9.69. The summed E-state index contributed by atoms with van der Waals surface area (Å²) in [6.45, 7) is -0.0381. The van der Waals surface area contributed by atoms with E-state index >= 15 is 0 Å². The molecule has 0 unspecified atom stereocenters. The van der Waals surface area contributed by atoms with Crippen LogP contribution >= 0.6 is 0 Å². The first kappa shape index (κ1) is 13.9. The molecule has 2 heterocycles. The van der Waals surface area contributed by atoms with Crippen molar-refractivity contribution in [2.45, 2.75) is 19.4 Å². The van der Waals surface area contributed by atoms with E-state index in [1.165, 1.54) is 17.0 Å². The van der Waals surface area contributed by atoms with Gasteiger partial charge in [-0.1, -0.05) is 5.21 Å². The molecule has 0 aliphatic rings. The van der Waals surface area contributed by atoms with Gasteiger partial charge in [0, 0.05) is 12.8 Å². The van der Waals surface area contributed by atoms with Gasteiger partial charge in [-0.3, -0.25) is 14.9 Å². The van der Waals surface area contributed by atoms with Gasteiger partial charge in [0.15, 0.2) is 5.76 Å². The topological polar surface area (TPSA) is 110 Å². The summed E-state index contributed by atoms with van der Waals surface area (Å²) in [6, 6.07) is 3.02. The van der Waals surface area contributed by atoms with Gasteiger partial charge in [0.2, 0.25) is 5.91 Å². The van der Waals surface area contributed by atoms with Gasteiger partial charge < -0.3 is 9.52 Å². The van der Waals surface area contributed by atoms with E-state index in [9.17, 15) is 9.59 Å². The Morgan fingerprint density at radius 2 is 2.30 bits per heavy atom. The molecule has 8 heteroatoms. The maximum atomic E-state index is 11.6. The number of rotatable bonds is 6. The number of hydrogen-bond acceptors (Lipinski definition) is 6. The molecule has 20 heavy (non-hydrogen) atoms. The number of nitrogens with one attached hydrogen (secondary N) is 1. The smallest absolute Gasteiger partial charge is 0.293 e. The van der Waals surface area contributed by atoms with Gasteiger partial charge in [0.05, 0.1) is 12.0 Å². The fourth-order valence-electron chi connectivity index (χ4n) is 1.57. The van der Waals surface area contributed by atoms with Crippen molar-refractivity contribution in [3.63, 3.8) is 0 Å². The number of aryl methyl sites for hydroxylation is 1. The van der Waals surface area contributed by atoms with E-state index in [4.69, 9.17) is 9.52 Å². The molecule has 0 saturated heterocycles. The van der Waals surface area contributed by atoms with Crippen molar-refractivity contribution in [3.8, 4) is 0 Å². The van der Waals surface area contributed by atoms with Crippen LogP contribution in [0.3, 0.4) is 0 Å². The molecular weight excluding hydrogens is 264 g/mol. The van der Waals surface area contributed by atoms with Gasteiger partial charge in [-0.2, -0.15) is 0 Å². The highest BCUT2D eigenvalue weighted by Crippen LogP contribution is 2.00. The number of furan rings is 1. The van der Waals surface area contributed by atoms with E-state index < -0.39 is 11.8 Å². The number of nitrogens with zero attached hydrogens (tertiary/aromatic N) is 3. The highest BCUT2D eigenvalue weighted by Gasteiger charge is 2.13. The van der Waals surface area contributed by atoms with Crippen LogP contribution in [0, 0.1) is 0 Å². The molecule has 0 fully saturated rings. The van der Waals surface area contributed by atoms with Crippen molar-refractivity contribution in [2.24, 2.45) is 0 Å². The van der Waals surface area contributed by atoms with Crippen LogP contribution in [-0.2, 0) is 17.8 Å². The quantitative estimate of drug-likeness (QED) is 0.754. The molecule has 2 rings (SSSR count). The highest BCUT2D eigenvalue weighted by molar-refractivity contribution is 6.02. The molecule has 2 amide bonds. The molecule has 0 aliphatic carbocycles. The molecule has 2 N–H and O–H groups in total. The number of carbonyl (C=O) groups is 2. The first-order valence-electron chi connectivity index (χ1n) is 6.06. The summed E-state index contributed by atoms with van der Waals surface area (Å²) < 4.78 is 6.20. The van der Waals surface area contributed by atoms with Crippen molar-refractivity contribution < 1.29 is 19.1 Å². The molecule has 0 saturated carbocycles. The summed E-state index contributed by atoms with van der Waals surface area (Å²) in [5.74, 6) is -1.04. The summed E-state index contributed by atoms with van der Waals surface area (Å²) in [4.78, 5) is 23.2. The summed E-state index contributed by atoms with van der Waals surface area (Å²) in [5, 5.41) is 18.5. The van der Waals surface area contributed by atoms with Crippen LogP contribution in [0.1, 0.15) is 22.7 Å². The Balaban J connectivity index is 1.85. The number of imide groups is 1. The minimum atomic E-state index is -0.597. The van der Waals surface area contributed by atoms with Crippen LogP contribution in [-0.4, -0.2) is 38.5 Å². The maximum absolute atomic E-state index is 11.6. The van der Waals surface area contributed by atoms with Crippen LogP contribution in [0.15, 0.2) is 29.0 Å². The Kier molecular flexibility index (Phi) is 4.61. The average Bonchev–Trinajstić information content (AvgIpc) is 3.07. The Labute approximate surface area is 114 Å². The standard InChI is InChI=1S/C12H14N4O4/c17-5-1-3-9-7-16(15-14-9)8-11(18)13-12(19)10-4-2-6-20-10/h2,4,6-7,17H,1,3,5,8H2,(H,13,18,19). The summed E-state index contributed by atoms with van der Waals surface area (Å²) in [5.41, 5.74) is 0.684. The van der Waals surface area contributed by atoms with Gasteiger partial charge in [-0.15, -0.1) is 5.10 Å². The summed E-state index contributed by atoms with van der Waals surface area (Å²) in [6.07, 6.45) is 4.13. The fraction of sp³-hybridized carbons (Fsp3) is 0.333. The highest BCUT2D eigenvalue weighted by atomic mass is 16.3. The number of aliphatic hydroxyl groups is 1. The van der Waals surface area contributed by atoms with Crippen LogP contribution < -0.4 is 5.32 Å². The molecule has 2 aromatic rings. The average molecular weight is 278 g/mol. The molecule has 0 bridgehead atoms. The first-order valence-corrected chi connectivity index (χ1v) is 6.06. The third kappa shape index (κ3) is 3.75. The van der Waals surface area contributed by atoms with Gasteiger partial charge in [0.1, 0.15) is 6.54 Å². The second-order valence-electron chi connectivity index (χ2n) is 4.09. The van der Waals surface area contributed by atoms with E-state index in [1.807, 2.05) is 0 Å².